The third-order valence-corrected chi connectivity index (χ3v) is 6.37. The number of rotatable bonds is 7. The summed E-state index contributed by atoms with van der Waals surface area (Å²) in [4.78, 5) is 21.9. The SMILES string of the molecule is CCCc1nc(C(=O)N2CC[C@H](N3CCOCC3)[C@H](CCCO)C2)cs1. The second-order valence-electron chi connectivity index (χ2n) is 7.26. The zero-order valence-electron chi connectivity index (χ0n) is 15.7. The molecule has 1 aromatic heterocycles. The molecule has 0 spiro atoms. The molecule has 0 unspecified atom stereocenters. The van der Waals surface area contributed by atoms with Gasteiger partial charge in [-0.2, -0.15) is 0 Å². The lowest BCUT2D eigenvalue weighted by atomic mass is 9.86. The van der Waals surface area contributed by atoms with Crippen molar-refractivity contribution in [1.82, 2.24) is 14.8 Å². The first kappa shape index (κ1) is 19.7. The van der Waals surface area contributed by atoms with Crippen molar-refractivity contribution in [3.8, 4) is 0 Å². The van der Waals surface area contributed by atoms with E-state index in [0.29, 0.717) is 17.7 Å². The van der Waals surface area contributed by atoms with Crippen LogP contribution in [0.4, 0.5) is 0 Å². The Balaban J connectivity index is 1.65. The largest absolute Gasteiger partial charge is 0.396 e. The minimum atomic E-state index is 0.0676. The Morgan fingerprint density at radius 3 is 2.92 bits per heavy atom. The van der Waals surface area contributed by atoms with Crippen LogP contribution in [0.2, 0.25) is 0 Å². The van der Waals surface area contributed by atoms with Gasteiger partial charge in [0.25, 0.3) is 5.91 Å². The van der Waals surface area contributed by atoms with Crippen LogP contribution in [0.5, 0.6) is 0 Å². The number of hydrogen-bond donors (Lipinski definition) is 1. The minimum Gasteiger partial charge on any atom is -0.396 e. The van der Waals surface area contributed by atoms with Gasteiger partial charge >= 0.3 is 0 Å². The fourth-order valence-corrected chi connectivity index (χ4v) is 5.01. The molecular formula is C19H31N3O3S. The van der Waals surface area contributed by atoms with Crippen LogP contribution < -0.4 is 0 Å². The van der Waals surface area contributed by atoms with E-state index in [1.165, 1.54) is 0 Å². The number of morpholine rings is 1. The molecule has 1 N–H and O–H groups in total. The molecule has 3 heterocycles. The quantitative estimate of drug-likeness (QED) is 0.783. The number of likely N-dealkylation sites (tertiary alicyclic amines) is 1. The van der Waals surface area contributed by atoms with Crippen LogP contribution >= 0.6 is 11.3 Å². The van der Waals surface area contributed by atoms with Crippen LogP contribution in [0, 0.1) is 5.92 Å². The summed E-state index contributed by atoms with van der Waals surface area (Å²) >= 11 is 1.59. The maximum atomic E-state index is 12.9. The van der Waals surface area contributed by atoms with Crippen LogP contribution in [0.15, 0.2) is 5.38 Å². The fourth-order valence-electron chi connectivity index (χ4n) is 4.13. The van der Waals surface area contributed by atoms with Crippen LogP contribution in [0.1, 0.15) is 48.1 Å². The number of aliphatic hydroxyl groups is 1. The molecule has 146 valence electrons. The van der Waals surface area contributed by atoms with E-state index in [1.54, 1.807) is 11.3 Å². The van der Waals surface area contributed by atoms with Crippen molar-refractivity contribution in [2.45, 2.75) is 45.1 Å². The summed E-state index contributed by atoms with van der Waals surface area (Å²) in [6, 6.07) is 0.487. The number of hydrogen-bond acceptors (Lipinski definition) is 6. The maximum absolute atomic E-state index is 12.9. The smallest absolute Gasteiger partial charge is 0.273 e. The molecule has 26 heavy (non-hydrogen) atoms. The van der Waals surface area contributed by atoms with Gasteiger partial charge in [0.05, 0.1) is 18.2 Å². The van der Waals surface area contributed by atoms with Crippen molar-refractivity contribution >= 4 is 17.2 Å². The molecule has 1 amide bonds. The molecule has 0 saturated carbocycles. The molecule has 3 rings (SSSR count). The Morgan fingerprint density at radius 1 is 1.38 bits per heavy atom. The molecule has 2 atom stereocenters. The second kappa shape index (κ2) is 9.78. The van der Waals surface area contributed by atoms with Crippen LogP contribution in [0.3, 0.4) is 0 Å². The van der Waals surface area contributed by atoms with E-state index in [4.69, 9.17) is 4.74 Å². The fraction of sp³-hybridized carbons (Fsp3) is 0.789. The normalized spacial score (nSPS) is 24.8. The number of aryl methyl sites for hydroxylation is 1. The zero-order chi connectivity index (χ0) is 18.4. The highest BCUT2D eigenvalue weighted by molar-refractivity contribution is 7.09. The number of aromatic nitrogens is 1. The first-order valence-electron chi connectivity index (χ1n) is 9.89. The van der Waals surface area contributed by atoms with Gasteiger partial charge in [0.15, 0.2) is 0 Å². The van der Waals surface area contributed by atoms with Gasteiger partial charge in [-0.15, -0.1) is 11.3 Å². The third-order valence-electron chi connectivity index (χ3n) is 5.46. The molecule has 0 aliphatic carbocycles. The van der Waals surface area contributed by atoms with Crippen molar-refractivity contribution in [3.05, 3.63) is 16.1 Å². The third kappa shape index (κ3) is 4.82. The molecule has 0 radical (unpaired) electrons. The summed E-state index contributed by atoms with van der Waals surface area (Å²) in [6.45, 7) is 7.44. The maximum Gasteiger partial charge on any atom is 0.273 e. The van der Waals surface area contributed by atoms with Crippen LogP contribution in [0.25, 0.3) is 0 Å². The van der Waals surface area contributed by atoms with Crippen molar-refractivity contribution in [1.29, 1.82) is 0 Å². The minimum absolute atomic E-state index is 0.0676. The lowest BCUT2D eigenvalue weighted by Gasteiger charge is -2.45. The highest BCUT2D eigenvalue weighted by Gasteiger charge is 2.35. The lowest BCUT2D eigenvalue weighted by molar-refractivity contribution is -0.0197. The Morgan fingerprint density at radius 2 is 2.19 bits per heavy atom. The Labute approximate surface area is 160 Å². The topological polar surface area (TPSA) is 65.9 Å². The number of aliphatic hydroxyl groups excluding tert-OH is 1. The van der Waals surface area contributed by atoms with Gasteiger partial charge in [-0.3, -0.25) is 9.69 Å². The van der Waals surface area contributed by atoms with Crippen molar-refractivity contribution in [3.63, 3.8) is 0 Å². The molecule has 1 aromatic rings. The number of thiazole rings is 1. The van der Waals surface area contributed by atoms with E-state index in [2.05, 4.69) is 16.8 Å². The number of carbonyl (C=O) groups excluding carboxylic acids is 1. The molecular weight excluding hydrogens is 350 g/mol. The summed E-state index contributed by atoms with van der Waals surface area (Å²) < 4.78 is 5.49. The number of piperidine rings is 1. The Bertz CT molecular complexity index is 574. The summed E-state index contributed by atoms with van der Waals surface area (Å²) in [5.41, 5.74) is 0.601. The highest BCUT2D eigenvalue weighted by Crippen LogP contribution is 2.28. The monoisotopic (exact) mass is 381 g/mol. The van der Waals surface area contributed by atoms with E-state index in [0.717, 1.165) is 76.5 Å². The van der Waals surface area contributed by atoms with E-state index in [1.807, 2.05) is 10.3 Å². The van der Waals surface area contributed by atoms with E-state index >= 15 is 0 Å². The number of ether oxygens (including phenoxy) is 1. The highest BCUT2D eigenvalue weighted by atomic mass is 32.1. The number of carbonyl (C=O) groups is 1. The molecule has 6 nitrogen and oxygen atoms in total. The van der Waals surface area contributed by atoms with Gasteiger partial charge < -0.3 is 14.7 Å². The second-order valence-corrected chi connectivity index (χ2v) is 8.20. The Kier molecular flexibility index (Phi) is 7.42. The number of amides is 1. The summed E-state index contributed by atoms with van der Waals surface area (Å²) in [7, 11) is 0. The first-order chi connectivity index (χ1) is 12.7. The predicted molar refractivity (Wildman–Crippen MR) is 103 cm³/mol. The predicted octanol–water partition coefficient (Wildman–Crippen LogP) is 2.03. The average molecular weight is 382 g/mol. The molecule has 7 heteroatoms. The summed E-state index contributed by atoms with van der Waals surface area (Å²) in [5.74, 6) is 0.477. The molecule has 2 saturated heterocycles. The van der Waals surface area contributed by atoms with Crippen molar-refractivity contribution in [2.24, 2.45) is 5.92 Å². The zero-order valence-corrected chi connectivity index (χ0v) is 16.5. The van der Waals surface area contributed by atoms with Gasteiger partial charge in [-0.25, -0.2) is 4.98 Å². The summed E-state index contributed by atoms with van der Waals surface area (Å²) in [5, 5.41) is 12.2. The lowest BCUT2D eigenvalue weighted by Crippen LogP contribution is -2.55. The molecule has 2 fully saturated rings. The van der Waals surface area contributed by atoms with Gasteiger partial charge in [0, 0.05) is 44.2 Å². The first-order valence-corrected chi connectivity index (χ1v) is 10.8. The van der Waals surface area contributed by atoms with E-state index < -0.39 is 0 Å². The van der Waals surface area contributed by atoms with Crippen LogP contribution in [-0.2, 0) is 11.2 Å². The van der Waals surface area contributed by atoms with E-state index in [-0.39, 0.29) is 12.5 Å². The van der Waals surface area contributed by atoms with Gasteiger partial charge in [-0.1, -0.05) is 6.92 Å². The average Bonchev–Trinajstić information content (AvgIpc) is 3.15. The van der Waals surface area contributed by atoms with Gasteiger partial charge in [0.1, 0.15) is 5.69 Å². The van der Waals surface area contributed by atoms with Gasteiger partial charge in [0.2, 0.25) is 0 Å². The molecule has 2 aliphatic heterocycles. The van der Waals surface area contributed by atoms with E-state index in [9.17, 15) is 9.90 Å². The van der Waals surface area contributed by atoms with Crippen LogP contribution in [-0.4, -0.2) is 77.8 Å². The molecule has 2 aliphatic rings. The van der Waals surface area contributed by atoms with Gasteiger partial charge in [-0.05, 0) is 38.0 Å². The molecule has 0 bridgehead atoms. The molecule has 0 aromatic carbocycles. The van der Waals surface area contributed by atoms with Crippen molar-refractivity contribution < 1.29 is 14.6 Å². The summed E-state index contributed by atoms with van der Waals surface area (Å²) in [6.07, 6.45) is 4.74. The Hall–Kier alpha value is -1.02. The number of nitrogens with zero attached hydrogens (tertiary/aromatic N) is 3. The standard InChI is InChI=1S/C19H31N3O3S/c1-2-4-18-20-16(14-26-18)19(24)22-7-6-17(15(13-22)5-3-10-23)21-8-11-25-12-9-21/h14-15,17,23H,2-13H2,1H3/t15-,17+/m1/s1. The van der Waals surface area contributed by atoms with Crippen molar-refractivity contribution in [2.75, 3.05) is 46.0 Å².